The normalized spacial score (nSPS) is 33.1. The molecule has 3 aliphatic heterocycles. The van der Waals surface area contributed by atoms with E-state index in [2.05, 4.69) is 17.0 Å². The number of carbonyl (C=O) groups is 1. The zero-order valence-corrected chi connectivity index (χ0v) is 15.4. The average molecular weight is 346 g/mol. The predicted molar refractivity (Wildman–Crippen MR) is 94.7 cm³/mol. The zero-order chi connectivity index (χ0) is 16.6. The standard InChI is InChI=1S/C19H27NO3Si/c1-15-18(16-8-3-2-4-9-16)23-24(12-5-6-13-24)22-14-17-10-7-11-20(17)19(15)21/h2-4,8-9,15,17-18H,5-7,10-14H2,1H3/t15-,17-,18-/m0/s1. The molecule has 0 unspecified atom stereocenters. The van der Waals surface area contributed by atoms with Gasteiger partial charge in [0.05, 0.1) is 24.7 Å². The van der Waals surface area contributed by atoms with E-state index in [0.717, 1.165) is 37.0 Å². The molecule has 4 nitrogen and oxygen atoms in total. The average Bonchev–Trinajstić information content (AvgIpc) is 3.27. The fraction of sp³-hybridized carbons (Fsp3) is 0.632. The molecular weight excluding hydrogens is 318 g/mol. The highest BCUT2D eigenvalue weighted by atomic mass is 28.4. The first-order chi connectivity index (χ1) is 11.7. The van der Waals surface area contributed by atoms with Gasteiger partial charge in [-0.25, -0.2) is 0 Å². The van der Waals surface area contributed by atoms with Gasteiger partial charge in [0, 0.05) is 6.54 Å². The van der Waals surface area contributed by atoms with Crippen LogP contribution >= 0.6 is 0 Å². The molecule has 0 radical (unpaired) electrons. The van der Waals surface area contributed by atoms with E-state index < -0.39 is 8.56 Å². The summed E-state index contributed by atoms with van der Waals surface area (Å²) < 4.78 is 13.2. The summed E-state index contributed by atoms with van der Waals surface area (Å²) in [5.41, 5.74) is 1.11. The van der Waals surface area contributed by atoms with Gasteiger partial charge in [0.1, 0.15) is 0 Å². The molecule has 3 atom stereocenters. The Morgan fingerprint density at radius 2 is 1.88 bits per heavy atom. The Labute approximate surface area is 145 Å². The fourth-order valence-electron chi connectivity index (χ4n) is 4.48. The molecule has 1 aromatic carbocycles. The van der Waals surface area contributed by atoms with Gasteiger partial charge in [-0.05, 0) is 30.5 Å². The molecule has 4 rings (SSSR count). The molecule has 0 bridgehead atoms. The van der Waals surface area contributed by atoms with Gasteiger partial charge < -0.3 is 13.8 Å². The maximum absolute atomic E-state index is 13.1. The zero-order valence-electron chi connectivity index (χ0n) is 14.4. The van der Waals surface area contributed by atoms with Crippen molar-refractivity contribution in [1.29, 1.82) is 0 Å². The number of amides is 1. The van der Waals surface area contributed by atoms with Crippen molar-refractivity contribution in [3.8, 4) is 0 Å². The third-order valence-corrected chi connectivity index (χ3v) is 9.48. The highest BCUT2D eigenvalue weighted by Crippen LogP contribution is 2.41. The lowest BCUT2D eigenvalue weighted by Gasteiger charge is -2.33. The summed E-state index contributed by atoms with van der Waals surface area (Å²) in [4.78, 5) is 15.2. The SMILES string of the molecule is C[C@@H]1C(=O)N2CCC[C@H]2CO[Si]2(CCCC2)O[C@@H]1c1ccccc1. The molecule has 5 heteroatoms. The van der Waals surface area contributed by atoms with Crippen molar-refractivity contribution < 1.29 is 13.6 Å². The van der Waals surface area contributed by atoms with E-state index >= 15 is 0 Å². The first-order valence-electron chi connectivity index (χ1n) is 9.36. The molecule has 0 aliphatic carbocycles. The van der Waals surface area contributed by atoms with Crippen LogP contribution in [0.15, 0.2) is 30.3 Å². The van der Waals surface area contributed by atoms with Crippen molar-refractivity contribution in [2.45, 2.75) is 56.8 Å². The molecule has 1 spiro atoms. The number of hydrogen-bond acceptors (Lipinski definition) is 3. The second kappa shape index (κ2) is 6.62. The van der Waals surface area contributed by atoms with Crippen molar-refractivity contribution in [2.75, 3.05) is 13.2 Å². The lowest BCUT2D eigenvalue weighted by Crippen LogP contribution is -2.43. The van der Waals surface area contributed by atoms with Crippen LogP contribution in [0.3, 0.4) is 0 Å². The Balaban J connectivity index is 1.71. The molecule has 1 amide bonds. The van der Waals surface area contributed by atoms with Gasteiger partial charge in [0.15, 0.2) is 0 Å². The summed E-state index contributed by atoms with van der Waals surface area (Å²) >= 11 is 0. The van der Waals surface area contributed by atoms with Crippen LogP contribution < -0.4 is 0 Å². The van der Waals surface area contributed by atoms with Gasteiger partial charge >= 0.3 is 8.56 Å². The smallest absolute Gasteiger partial charge is 0.338 e. The maximum Gasteiger partial charge on any atom is 0.338 e. The first kappa shape index (κ1) is 16.3. The van der Waals surface area contributed by atoms with E-state index in [1.165, 1.54) is 12.8 Å². The van der Waals surface area contributed by atoms with Gasteiger partial charge in [-0.2, -0.15) is 0 Å². The van der Waals surface area contributed by atoms with E-state index in [4.69, 9.17) is 8.85 Å². The number of nitrogens with zero attached hydrogens (tertiary/aromatic N) is 1. The Morgan fingerprint density at radius 1 is 1.12 bits per heavy atom. The summed E-state index contributed by atoms with van der Waals surface area (Å²) in [5, 5.41) is 0. The molecule has 3 fully saturated rings. The monoisotopic (exact) mass is 345 g/mol. The number of rotatable bonds is 1. The van der Waals surface area contributed by atoms with Crippen molar-refractivity contribution in [2.24, 2.45) is 5.92 Å². The minimum absolute atomic E-state index is 0.153. The van der Waals surface area contributed by atoms with Crippen LogP contribution in [0.25, 0.3) is 0 Å². The molecular formula is C19H27NO3Si. The largest absolute Gasteiger partial charge is 0.392 e. The lowest BCUT2D eigenvalue weighted by molar-refractivity contribution is -0.138. The molecule has 3 saturated heterocycles. The minimum Gasteiger partial charge on any atom is -0.392 e. The number of benzene rings is 1. The van der Waals surface area contributed by atoms with Crippen LogP contribution in [0.2, 0.25) is 12.1 Å². The van der Waals surface area contributed by atoms with E-state index in [-0.39, 0.29) is 24.0 Å². The van der Waals surface area contributed by atoms with E-state index in [0.29, 0.717) is 6.61 Å². The summed E-state index contributed by atoms with van der Waals surface area (Å²) in [7, 11) is -2.19. The Kier molecular flexibility index (Phi) is 4.49. The molecule has 0 saturated carbocycles. The second-order valence-corrected chi connectivity index (χ2v) is 10.8. The first-order valence-corrected chi connectivity index (χ1v) is 11.6. The number of fused-ring (bicyclic) bond motifs is 1. The van der Waals surface area contributed by atoms with Crippen molar-refractivity contribution in [1.82, 2.24) is 4.90 Å². The van der Waals surface area contributed by atoms with Crippen molar-refractivity contribution in [3.63, 3.8) is 0 Å². The van der Waals surface area contributed by atoms with E-state index in [9.17, 15) is 4.79 Å². The molecule has 0 aromatic heterocycles. The maximum atomic E-state index is 13.1. The van der Waals surface area contributed by atoms with Crippen LogP contribution in [0.5, 0.6) is 0 Å². The van der Waals surface area contributed by atoms with Gasteiger partial charge in [-0.3, -0.25) is 4.79 Å². The summed E-state index contributed by atoms with van der Waals surface area (Å²) in [6.07, 6.45) is 4.38. The highest BCUT2D eigenvalue weighted by Gasteiger charge is 2.48. The van der Waals surface area contributed by atoms with E-state index in [1.807, 2.05) is 25.1 Å². The van der Waals surface area contributed by atoms with Crippen molar-refractivity contribution >= 4 is 14.5 Å². The van der Waals surface area contributed by atoms with Gasteiger partial charge in [-0.15, -0.1) is 0 Å². The second-order valence-electron chi connectivity index (χ2n) is 7.49. The summed E-state index contributed by atoms with van der Waals surface area (Å²) in [5.74, 6) is 0.0821. The number of hydrogen-bond donors (Lipinski definition) is 0. The van der Waals surface area contributed by atoms with Crippen LogP contribution in [0.4, 0.5) is 0 Å². The molecule has 3 heterocycles. The topological polar surface area (TPSA) is 38.8 Å². The van der Waals surface area contributed by atoms with E-state index in [1.54, 1.807) is 0 Å². The van der Waals surface area contributed by atoms with Gasteiger partial charge in [0.25, 0.3) is 0 Å². The van der Waals surface area contributed by atoms with Gasteiger partial charge in [0.2, 0.25) is 5.91 Å². The van der Waals surface area contributed by atoms with Crippen molar-refractivity contribution in [3.05, 3.63) is 35.9 Å². The van der Waals surface area contributed by atoms with Crippen LogP contribution in [-0.2, 0) is 13.6 Å². The van der Waals surface area contributed by atoms with Crippen LogP contribution in [0, 0.1) is 5.92 Å². The number of carbonyl (C=O) groups excluding carboxylic acids is 1. The van der Waals surface area contributed by atoms with Crippen LogP contribution in [0.1, 0.15) is 44.3 Å². The van der Waals surface area contributed by atoms with Gasteiger partial charge in [-0.1, -0.05) is 50.1 Å². The third-order valence-electron chi connectivity index (χ3n) is 5.88. The highest BCUT2D eigenvalue weighted by molar-refractivity contribution is 6.68. The predicted octanol–water partition coefficient (Wildman–Crippen LogP) is 3.64. The quantitative estimate of drug-likeness (QED) is 0.730. The third kappa shape index (κ3) is 2.93. The minimum atomic E-state index is -2.19. The molecule has 1 aromatic rings. The Morgan fingerprint density at radius 3 is 2.62 bits per heavy atom. The molecule has 3 aliphatic rings. The molecule has 130 valence electrons. The lowest BCUT2D eigenvalue weighted by atomic mass is 9.96. The summed E-state index contributed by atoms with van der Waals surface area (Å²) in [6, 6.07) is 12.7. The Hall–Kier alpha value is -1.17. The van der Waals surface area contributed by atoms with Crippen LogP contribution in [-0.4, -0.2) is 38.6 Å². The fourth-order valence-corrected chi connectivity index (χ4v) is 8.20. The summed E-state index contributed by atoms with van der Waals surface area (Å²) in [6.45, 7) is 3.58. The molecule has 24 heavy (non-hydrogen) atoms. The molecule has 0 N–H and O–H groups in total. The Bertz CT molecular complexity index is 588.